The third-order valence-corrected chi connectivity index (χ3v) is 3.41. The minimum atomic E-state index is -0.324. The summed E-state index contributed by atoms with van der Waals surface area (Å²) in [6.07, 6.45) is 1.80. The predicted molar refractivity (Wildman–Crippen MR) is 91.5 cm³/mol. The van der Waals surface area contributed by atoms with Crippen LogP contribution in [0.1, 0.15) is 27.9 Å². The molecule has 124 valence electrons. The Labute approximate surface area is 142 Å². The molecule has 3 nitrogen and oxygen atoms in total. The van der Waals surface area contributed by atoms with Gasteiger partial charge >= 0.3 is 5.97 Å². The summed E-state index contributed by atoms with van der Waals surface area (Å²) in [5.41, 5.74) is 2.68. The van der Waals surface area contributed by atoms with Crippen LogP contribution in [0.15, 0.2) is 48.5 Å². The molecule has 0 aliphatic carbocycles. The molecule has 0 heterocycles. The lowest BCUT2D eigenvalue weighted by molar-refractivity contribution is 0.0600. The molecule has 5 heteroatoms. The van der Waals surface area contributed by atoms with Crippen molar-refractivity contribution < 1.29 is 13.9 Å². The third-order valence-electron chi connectivity index (χ3n) is 3.41. The molecule has 1 N–H and O–H groups in total. The second-order valence-corrected chi connectivity index (χ2v) is 5.10. The summed E-state index contributed by atoms with van der Waals surface area (Å²) >= 11 is 0. The Morgan fingerprint density at radius 1 is 1.13 bits per heavy atom. The van der Waals surface area contributed by atoms with Gasteiger partial charge in [0.2, 0.25) is 0 Å². The van der Waals surface area contributed by atoms with Crippen molar-refractivity contribution in [2.45, 2.75) is 19.4 Å². The van der Waals surface area contributed by atoms with E-state index >= 15 is 0 Å². The summed E-state index contributed by atoms with van der Waals surface area (Å²) in [6.45, 7) is 1.60. The van der Waals surface area contributed by atoms with E-state index in [1.54, 1.807) is 24.3 Å². The molecule has 0 atom stereocenters. The topological polar surface area (TPSA) is 38.3 Å². The molecule has 0 aromatic heterocycles. The van der Waals surface area contributed by atoms with Crippen LogP contribution < -0.4 is 5.32 Å². The first-order chi connectivity index (χ1) is 10.7. The number of aryl methyl sites for hydroxylation is 1. The average molecular weight is 338 g/mol. The van der Waals surface area contributed by atoms with E-state index in [0.717, 1.165) is 37.1 Å². The van der Waals surface area contributed by atoms with Gasteiger partial charge in [0.1, 0.15) is 5.82 Å². The Morgan fingerprint density at radius 3 is 2.52 bits per heavy atom. The van der Waals surface area contributed by atoms with Gasteiger partial charge in [-0.05, 0) is 54.8 Å². The van der Waals surface area contributed by atoms with Crippen molar-refractivity contribution in [3.05, 3.63) is 71.0 Å². The minimum absolute atomic E-state index is 0. The molecule has 23 heavy (non-hydrogen) atoms. The zero-order valence-corrected chi connectivity index (χ0v) is 13.9. The summed E-state index contributed by atoms with van der Waals surface area (Å²) in [4.78, 5) is 11.3. The maximum absolute atomic E-state index is 13.0. The molecule has 0 unspecified atom stereocenters. The van der Waals surface area contributed by atoms with Gasteiger partial charge in [-0.25, -0.2) is 9.18 Å². The smallest absolute Gasteiger partial charge is 0.337 e. The van der Waals surface area contributed by atoms with Crippen molar-refractivity contribution >= 4 is 18.4 Å². The van der Waals surface area contributed by atoms with E-state index in [2.05, 4.69) is 10.1 Å². The van der Waals surface area contributed by atoms with Crippen molar-refractivity contribution in [2.24, 2.45) is 0 Å². The zero-order valence-electron chi connectivity index (χ0n) is 13.0. The van der Waals surface area contributed by atoms with Crippen molar-refractivity contribution in [1.29, 1.82) is 0 Å². The van der Waals surface area contributed by atoms with Gasteiger partial charge in [-0.15, -0.1) is 12.4 Å². The fourth-order valence-corrected chi connectivity index (χ4v) is 2.22. The van der Waals surface area contributed by atoms with Crippen LogP contribution in [-0.2, 0) is 17.7 Å². The first-order valence-electron chi connectivity index (χ1n) is 7.31. The Morgan fingerprint density at radius 2 is 1.87 bits per heavy atom. The Kier molecular flexibility index (Phi) is 8.30. The van der Waals surface area contributed by atoms with Crippen LogP contribution in [0.25, 0.3) is 0 Å². The van der Waals surface area contributed by atoms with Crippen molar-refractivity contribution in [2.75, 3.05) is 13.7 Å². The van der Waals surface area contributed by atoms with E-state index in [4.69, 9.17) is 0 Å². The van der Waals surface area contributed by atoms with Crippen LogP contribution in [0.3, 0.4) is 0 Å². The lowest BCUT2D eigenvalue weighted by Gasteiger charge is -2.06. The second-order valence-electron chi connectivity index (χ2n) is 5.10. The summed E-state index contributed by atoms with van der Waals surface area (Å²) in [5, 5.41) is 3.34. The van der Waals surface area contributed by atoms with Gasteiger partial charge in [-0.1, -0.05) is 24.3 Å². The molecule has 0 spiro atoms. The lowest BCUT2D eigenvalue weighted by Crippen LogP contribution is -2.15. The average Bonchev–Trinajstić information content (AvgIpc) is 2.54. The third kappa shape index (κ3) is 6.38. The molecule has 0 saturated heterocycles. The highest BCUT2D eigenvalue weighted by Gasteiger charge is 2.03. The first kappa shape index (κ1) is 19.1. The van der Waals surface area contributed by atoms with Gasteiger partial charge in [0, 0.05) is 6.54 Å². The normalized spacial score (nSPS) is 10.0. The largest absolute Gasteiger partial charge is 0.465 e. The van der Waals surface area contributed by atoms with Gasteiger partial charge in [-0.3, -0.25) is 0 Å². The van der Waals surface area contributed by atoms with Crippen molar-refractivity contribution in [3.8, 4) is 0 Å². The summed E-state index contributed by atoms with van der Waals surface area (Å²) < 4.78 is 17.7. The standard InChI is InChI=1S/C18H20FNO2.ClH/c1-22-18(21)16-9-7-15(8-10-16)13-20-11-3-5-14-4-2-6-17(19)12-14;/h2,4,6-10,12,20H,3,5,11,13H2,1H3;1H. The number of hydrogen-bond donors (Lipinski definition) is 1. The molecule has 0 fully saturated rings. The quantitative estimate of drug-likeness (QED) is 0.617. The van der Waals surface area contributed by atoms with Crippen molar-refractivity contribution in [3.63, 3.8) is 0 Å². The van der Waals surface area contributed by atoms with Crippen LogP contribution >= 0.6 is 12.4 Å². The van der Waals surface area contributed by atoms with Gasteiger partial charge in [0.15, 0.2) is 0 Å². The molecular formula is C18H21ClFNO2. The highest BCUT2D eigenvalue weighted by Crippen LogP contribution is 2.07. The summed E-state index contributed by atoms with van der Waals surface area (Å²) in [6, 6.07) is 14.0. The van der Waals surface area contributed by atoms with Gasteiger partial charge < -0.3 is 10.1 Å². The molecule has 2 aromatic rings. The Bertz CT molecular complexity index is 617. The van der Waals surface area contributed by atoms with Crippen LogP contribution in [-0.4, -0.2) is 19.6 Å². The monoisotopic (exact) mass is 337 g/mol. The van der Waals surface area contributed by atoms with Gasteiger partial charge in [0.05, 0.1) is 12.7 Å². The van der Waals surface area contributed by atoms with E-state index in [-0.39, 0.29) is 24.2 Å². The highest BCUT2D eigenvalue weighted by atomic mass is 35.5. The maximum atomic E-state index is 13.0. The number of rotatable bonds is 7. The van der Waals surface area contributed by atoms with E-state index in [1.165, 1.54) is 13.2 Å². The van der Waals surface area contributed by atoms with E-state index in [0.29, 0.717) is 5.56 Å². The number of esters is 1. The highest BCUT2D eigenvalue weighted by molar-refractivity contribution is 5.89. The lowest BCUT2D eigenvalue weighted by atomic mass is 10.1. The van der Waals surface area contributed by atoms with Crippen LogP contribution in [0, 0.1) is 5.82 Å². The molecule has 0 amide bonds. The van der Waals surface area contributed by atoms with E-state index in [1.807, 2.05) is 18.2 Å². The Balaban J connectivity index is 0.00000264. The van der Waals surface area contributed by atoms with Crippen LogP contribution in [0.2, 0.25) is 0 Å². The molecule has 2 aromatic carbocycles. The molecule has 0 aliphatic rings. The zero-order chi connectivity index (χ0) is 15.8. The Hall–Kier alpha value is -1.91. The molecule has 0 radical (unpaired) electrons. The maximum Gasteiger partial charge on any atom is 0.337 e. The SMILES string of the molecule is COC(=O)c1ccc(CNCCCc2cccc(F)c2)cc1.Cl. The summed E-state index contributed by atoms with van der Waals surface area (Å²) in [5.74, 6) is -0.509. The predicted octanol–water partition coefficient (Wildman–Crippen LogP) is 3.76. The molecular weight excluding hydrogens is 317 g/mol. The van der Waals surface area contributed by atoms with E-state index < -0.39 is 0 Å². The number of carbonyl (C=O) groups excluding carboxylic acids is 1. The number of ether oxygens (including phenoxy) is 1. The fraction of sp³-hybridized carbons (Fsp3) is 0.278. The molecule has 0 bridgehead atoms. The number of benzene rings is 2. The first-order valence-corrected chi connectivity index (χ1v) is 7.31. The molecule has 2 rings (SSSR count). The number of halogens is 2. The second kappa shape index (κ2) is 9.98. The number of nitrogens with one attached hydrogen (secondary N) is 1. The van der Waals surface area contributed by atoms with Gasteiger partial charge in [0.25, 0.3) is 0 Å². The van der Waals surface area contributed by atoms with Gasteiger partial charge in [-0.2, -0.15) is 0 Å². The molecule has 0 aliphatic heterocycles. The minimum Gasteiger partial charge on any atom is -0.465 e. The molecule has 0 saturated carbocycles. The fourth-order valence-electron chi connectivity index (χ4n) is 2.22. The van der Waals surface area contributed by atoms with Crippen molar-refractivity contribution in [1.82, 2.24) is 5.32 Å². The van der Waals surface area contributed by atoms with E-state index in [9.17, 15) is 9.18 Å². The number of methoxy groups -OCH3 is 1. The number of hydrogen-bond acceptors (Lipinski definition) is 3. The van der Waals surface area contributed by atoms with Crippen LogP contribution in [0.4, 0.5) is 4.39 Å². The number of carbonyl (C=O) groups is 1. The van der Waals surface area contributed by atoms with Crippen LogP contribution in [0.5, 0.6) is 0 Å². The summed E-state index contributed by atoms with van der Waals surface area (Å²) in [7, 11) is 1.37.